The zero-order chi connectivity index (χ0) is 15.5. The zero-order valence-corrected chi connectivity index (χ0v) is 13.5. The van der Waals surface area contributed by atoms with Gasteiger partial charge in [0.25, 0.3) is 0 Å². The molecule has 2 atom stereocenters. The predicted octanol–water partition coefficient (Wildman–Crippen LogP) is 2.73. The highest BCUT2D eigenvalue weighted by Gasteiger charge is 2.28. The summed E-state index contributed by atoms with van der Waals surface area (Å²) in [5.74, 6) is 0.0358. The second-order valence-electron chi connectivity index (χ2n) is 5.44. The van der Waals surface area contributed by atoms with Crippen LogP contribution in [0.3, 0.4) is 0 Å². The summed E-state index contributed by atoms with van der Waals surface area (Å²) < 4.78 is 25.7. The molecule has 1 aromatic carbocycles. The van der Waals surface area contributed by atoms with Crippen LogP contribution < -0.4 is 0 Å². The molecule has 0 heterocycles. The fraction of sp³-hybridized carbons (Fsp3) is 0.467. The Morgan fingerprint density at radius 1 is 1.33 bits per heavy atom. The van der Waals surface area contributed by atoms with Crippen LogP contribution >= 0.6 is 11.6 Å². The molecule has 1 N–H and O–H groups in total. The Labute approximate surface area is 131 Å². The van der Waals surface area contributed by atoms with Gasteiger partial charge in [0.2, 0.25) is 10.0 Å². The fourth-order valence-corrected chi connectivity index (χ4v) is 3.57. The lowest BCUT2D eigenvalue weighted by molar-refractivity contribution is 0.123. The SMILES string of the molecule is CN(CC1CCCC1O)S(=O)(=O)/C=C/c1ccc(Cl)cc1. The highest BCUT2D eigenvalue weighted by molar-refractivity contribution is 7.92. The molecule has 0 saturated heterocycles. The van der Waals surface area contributed by atoms with E-state index in [0.717, 1.165) is 24.8 Å². The van der Waals surface area contributed by atoms with Crippen molar-refractivity contribution in [1.29, 1.82) is 0 Å². The van der Waals surface area contributed by atoms with Crippen molar-refractivity contribution in [1.82, 2.24) is 4.31 Å². The van der Waals surface area contributed by atoms with Gasteiger partial charge in [-0.25, -0.2) is 12.7 Å². The van der Waals surface area contributed by atoms with E-state index < -0.39 is 10.0 Å². The van der Waals surface area contributed by atoms with Crippen LogP contribution in [0.4, 0.5) is 0 Å². The third kappa shape index (κ3) is 4.54. The molecule has 116 valence electrons. The van der Waals surface area contributed by atoms with Crippen molar-refractivity contribution < 1.29 is 13.5 Å². The van der Waals surface area contributed by atoms with E-state index >= 15 is 0 Å². The molecule has 0 spiro atoms. The number of nitrogens with zero attached hydrogens (tertiary/aromatic N) is 1. The monoisotopic (exact) mass is 329 g/mol. The Balaban J connectivity index is 2.01. The number of hydrogen-bond acceptors (Lipinski definition) is 3. The number of hydrogen-bond donors (Lipinski definition) is 1. The number of aliphatic hydroxyl groups is 1. The quantitative estimate of drug-likeness (QED) is 0.903. The standard InChI is InChI=1S/C15H20ClNO3S/c1-17(11-13-3-2-4-15(13)18)21(19,20)10-9-12-5-7-14(16)8-6-12/h5-10,13,15,18H,2-4,11H2,1H3/b10-9+. The van der Waals surface area contributed by atoms with E-state index in [0.29, 0.717) is 11.6 Å². The molecule has 0 amide bonds. The summed E-state index contributed by atoms with van der Waals surface area (Å²) >= 11 is 5.79. The topological polar surface area (TPSA) is 57.6 Å². The molecule has 21 heavy (non-hydrogen) atoms. The van der Waals surface area contributed by atoms with E-state index in [1.165, 1.54) is 9.71 Å². The number of halogens is 1. The van der Waals surface area contributed by atoms with Crippen LogP contribution in [0.1, 0.15) is 24.8 Å². The van der Waals surface area contributed by atoms with Crippen molar-refractivity contribution in [2.75, 3.05) is 13.6 Å². The number of sulfonamides is 1. The number of aliphatic hydroxyl groups excluding tert-OH is 1. The molecule has 6 heteroatoms. The Bertz CT molecular complexity index is 598. The Morgan fingerprint density at radius 2 is 2.00 bits per heavy atom. The van der Waals surface area contributed by atoms with Crippen molar-refractivity contribution in [3.63, 3.8) is 0 Å². The smallest absolute Gasteiger partial charge is 0.235 e. The molecule has 1 fully saturated rings. The van der Waals surface area contributed by atoms with Crippen LogP contribution in [0.25, 0.3) is 6.08 Å². The molecule has 0 radical (unpaired) electrons. The average molecular weight is 330 g/mol. The normalized spacial score (nSPS) is 23.2. The minimum Gasteiger partial charge on any atom is -0.393 e. The van der Waals surface area contributed by atoms with Crippen LogP contribution in [0.5, 0.6) is 0 Å². The van der Waals surface area contributed by atoms with Gasteiger partial charge in [-0.2, -0.15) is 0 Å². The molecule has 4 nitrogen and oxygen atoms in total. The highest BCUT2D eigenvalue weighted by Crippen LogP contribution is 2.26. The van der Waals surface area contributed by atoms with E-state index in [-0.39, 0.29) is 12.0 Å². The van der Waals surface area contributed by atoms with Gasteiger partial charge >= 0.3 is 0 Å². The average Bonchev–Trinajstić information content (AvgIpc) is 2.84. The van der Waals surface area contributed by atoms with Crippen LogP contribution in [0, 0.1) is 5.92 Å². The number of benzene rings is 1. The van der Waals surface area contributed by atoms with Gasteiger partial charge in [-0.3, -0.25) is 0 Å². The largest absolute Gasteiger partial charge is 0.393 e. The summed E-state index contributed by atoms with van der Waals surface area (Å²) in [6.45, 7) is 0.356. The molecule has 1 aliphatic rings. The third-order valence-corrected chi connectivity index (χ3v) is 5.60. The van der Waals surface area contributed by atoms with E-state index in [2.05, 4.69) is 0 Å². The number of rotatable bonds is 5. The van der Waals surface area contributed by atoms with Gasteiger partial charge in [0.1, 0.15) is 0 Å². The van der Waals surface area contributed by atoms with Gasteiger partial charge in [-0.15, -0.1) is 0 Å². The van der Waals surface area contributed by atoms with E-state index in [1.807, 2.05) is 0 Å². The molecule has 1 aliphatic carbocycles. The highest BCUT2D eigenvalue weighted by atomic mass is 35.5. The van der Waals surface area contributed by atoms with Crippen LogP contribution in [-0.2, 0) is 10.0 Å². The zero-order valence-electron chi connectivity index (χ0n) is 11.9. The van der Waals surface area contributed by atoms with Crippen LogP contribution in [-0.4, -0.2) is 37.5 Å². The minimum absolute atomic E-state index is 0.0358. The Hall–Kier alpha value is -0.880. The van der Waals surface area contributed by atoms with Gasteiger partial charge in [-0.1, -0.05) is 30.2 Å². The predicted molar refractivity (Wildman–Crippen MR) is 85.4 cm³/mol. The summed E-state index contributed by atoms with van der Waals surface area (Å²) in [6.07, 6.45) is 3.76. The van der Waals surface area contributed by atoms with Crippen molar-refractivity contribution in [2.45, 2.75) is 25.4 Å². The summed E-state index contributed by atoms with van der Waals surface area (Å²) in [4.78, 5) is 0. The second-order valence-corrected chi connectivity index (χ2v) is 7.80. The molecule has 0 aliphatic heterocycles. The minimum atomic E-state index is -3.47. The maximum Gasteiger partial charge on any atom is 0.235 e. The molecule has 0 aromatic heterocycles. The summed E-state index contributed by atoms with van der Waals surface area (Å²) in [5, 5.41) is 11.6. The first-order valence-corrected chi connectivity index (χ1v) is 8.84. The Kier molecular flexibility index (Phi) is 5.43. The first-order chi connectivity index (χ1) is 9.88. The molecule has 0 bridgehead atoms. The van der Waals surface area contributed by atoms with Gasteiger partial charge in [0, 0.05) is 24.0 Å². The first-order valence-electron chi connectivity index (χ1n) is 6.96. The maximum atomic E-state index is 12.2. The summed E-state index contributed by atoms with van der Waals surface area (Å²) in [6, 6.07) is 6.95. The van der Waals surface area contributed by atoms with Gasteiger partial charge in [0.05, 0.1) is 6.10 Å². The first kappa shape index (κ1) is 16.5. The summed E-state index contributed by atoms with van der Waals surface area (Å²) in [5.41, 5.74) is 0.775. The lowest BCUT2D eigenvalue weighted by Gasteiger charge is -2.21. The van der Waals surface area contributed by atoms with Gasteiger partial charge in [0.15, 0.2) is 0 Å². The van der Waals surface area contributed by atoms with Crippen molar-refractivity contribution in [2.24, 2.45) is 5.92 Å². The molecule has 2 rings (SSSR count). The Morgan fingerprint density at radius 3 is 2.57 bits per heavy atom. The second kappa shape index (κ2) is 6.92. The van der Waals surface area contributed by atoms with E-state index in [9.17, 15) is 13.5 Å². The lowest BCUT2D eigenvalue weighted by atomic mass is 10.1. The molecule has 1 saturated carbocycles. The summed E-state index contributed by atoms with van der Waals surface area (Å²) in [7, 11) is -1.92. The third-order valence-electron chi connectivity index (χ3n) is 3.85. The van der Waals surface area contributed by atoms with Crippen LogP contribution in [0.15, 0.2) is 29.7 Å². The van der Waals surface area contributed by atoms with E-state index in [1.54, 1.807) is 37.4 Å². The fourth-order valence-electron chi connectivity index (χ4n) is 2.51. The van der Waals surface area contributed by atoms with E-state index in [4.69, 9.17) is 11.6 Å². The van der Waals surface area contributed by atoms with Crippen molar-refractivity contribution in [3.05, 3.63) is 40.3 Å². The van der Waals surface area contributed by atoms with Crippen molar-refractivity contribution in [3.8, 4) is 0 Å². The van der Waals surface area contributed by atoms with Gasteiger partial charge < -0.3 is 5.11 Å². The van der Waals surface area contributed by atoms with Gasteiger partial charge in [-0.05, 0) is 42.5 Å². The molecular weight excluding hydrogens is 310 g/mol. The maximum absolute atomic E-state index is 12.2. The lowest BCUT2D eigenvalue weighted by Crippen LogP contribution is -2.33. The molecular formula is C15H20ClNO3S. The molecule has 2 unspecified atom stereocenters. The van der Waals surface area contributed by atoms with Crippen LogP contribution in [0.2, 0.25) is 5.02 Å². The van der Waals surface area contributed by atoms with Crippen molar-refractivity contribution >= 4 is 27.7 Å². The molecule has 1 aromatic rings.